The first kappa shape index (κ1) is 24.6. The number of hydrogen-bond donors (Lipinski definition) is 3. The first-order chi connectivity index (χ1) is 17.4. The number of nitrogens with one attached hydrogen (secondary N) is 3. The van der Waals surface area contributed by atoms with Crippen LogP contribution in [0.2, 0.25) is 0 Å². The van der Waals surface area contributed by atoms with Crippen LogP contribution in [0, 0.1) is 19.8 Å². The molecule has 2 amide bonds. The van der Waals surface area contributed by atoms with Gasteiger partial charge in [-0.1, -0.05) is 6.07 Å². The Morgan fingerprint density at radius 1 is 1.06 bits per heavy atom. The van der Waals surface area contributed by atoms with E-state index in [0.29, 0.717) is 12.6 Å². The predicted molar refractivity (Wildman–Crippen MR) is 143 cm³/mol. The number of hydrogen-bond acceptors (Lipinski definition) is 5. The fraction of sp³-hybridized carbons (Fsp3) is 0.517. The second kappa shape index (κ2) is 10.5. The Bertz CT molecular complexity index is 1130. The van der Waals surface area contributed by atoms with Gasteiger partial charge in [-0.15, -0.1) is 0 Å². The maximum absolute atomic E-state index is 13.4. The molecule has 3 N–H and O–H groups in total. The zero-order valence-electron chi connectivity index (χ0n) is 21.7. The van der Waals surface area contributed by atoms with E-state index in [-0.39, 0.29) is 23.8 Å². The zero-order chi connectivity index (χ0) is 25.2. The average Bonchev–Trinajstić information content (AvgIpc) is 3.52. The topological polar surface area (TPSA) is 82.7 Å². The summed E-state index contributed by atoms with van der Waals surface area (Å²) in [6.45, 7) is 6.74. The third kappa shape index (κ3) is 5.07. The SMILES string of the molecule is COc1cc(NC(=O)C2CCC(N3Cc4c(C)cc(NCC5CCCN5)cc4C3=O)CC2)ccc1C. The normalized spacial score (nSPS) is 23.5. The summed E-state index contributed by atoms with van der Waals surface area (Å²) in [7, 11) is 1.64. The molecule has 7 nitrogen and oxygen atoms in total. The molecule has 7 heteroatoms. The third-order valence-corrected chi connectivity index (χ3v) is 8.19. The Balaban J connectivity index is 1.17. The van der Waals surface area contributed by atoms with E-state index in [1.807, 2.05) is 36.1 Å². The highest BCUT2D eigenvalue weighted by atomic mass is 16.5. The first-order valence-corrected chi connectivity index (χ1v) is 13.3. The van der Waals surface area contributed by atoms with Crippen molar-refractivity contribution in [1.82, 2.24) is 10.2 Å². The fourth-order valence-electron chi connectivity index (χ4n) is 5.98. The Kier molecular flexibility index (Phi) is 7.19. The Labute approximate surface area is 214 Å². The van der Waals surface area contributed by atoms with Gasteiger partial charge in [-0.05, 0) is 93.8 Å². The first-order valence-electron chi connectivity index (χ1n) is 13.3. The van der Waals surface area contributed by atoms with Gasteiger partial charge in [0, 0.05) is 54.1 Å². The van der Waals surface area contributed by atoms with Crippen molar-refractivity contribution in [3.63, 3.8) is 0 Å². The highest BCUT2D eigenvalue weighted by molar-refractivity contribution is 6.00. The highest BCUT2D eigenvalue weighted by Gasteiger charge is 2.37. The number of rotatable bonds is 7. The molecule has 1 saturated carbocycles. The summed E-state index contributed by atoms with van der Waals surface area (Å²) in [5.41, 5.74) is 5.99. The number of aryl methyl sites for hydroxylation is 2. The van der Waals surface area contributed by atoms with E-state index >= 15 is 0 Å². The predicted octanol–water partition coefficient (Wildman–Crippen LogP) is 4.63. The lowest BCUT2D eigenvalue weighted by atomic mass is 9.84. The van der Waals surface area contributed by atoms with Crippen molar-refractivity contribution in [2.24, 2.45) is 5.92 Å². The summed E-state index contributed by atoms with van der Waals surface area (Å²) in [6, 6.07) is 10.6. The second-order valence-electron chi connectivity index (χ2n) is 10.6. The molecule has 0 bridgehead atoms. The van der Waals surface area contributed by atoms with Gasteiger partial charge in [0.2, 0.25) is 5.91 Å². The molecule has 2 aliphatic heterocycles. The molecular formula is C29H38N4O3. The summed E-state index contributed by atoms with van der Waals surface area (Å²) >= 11 is 0. The van der Waals surface area contributed by atoms with Crippen molar-refractivity contribution in [3.05, 3.63) is 52.6 Å². The summed E-state index contributed by atoms with van der Waals surface area (Å²) < 4.78 is 5.38. The van der Waals surface area contributed by atoms with Gasteiger partial charge in [-0.2, -0.15) is 0 Å². The van der Waals surface area contributed by atoms with Crippen molar-refractivity contribution in [2.45, 2.75) is 71.0 Å². The van der Waals surface area contributed by atoms with E-state index in [9.17, 15) is 9.59 Å². The van der Waals surface area contributed by atoms with E-state index in [1.54, 1.807) is 7.11 Å². The summed E-state index contributed by atoms with van der Waals surface area (Å²) in [5, 5.41) is 10.1. The lowest BCUT2D eigenvalue weighted by Gasteiger charge is -2.34. The number of anilines is 2. The largest absolute Gasteiger partial charge is 0.496 e. The average molecular weight is 491 g/mol. The number of benzene rings is 2. The van der Waals surface area contributed by atoms with E-state index in [2.05, 4.69) is 28.9 Å². The van der Waals surface area contributed by atoms with Crippen LogP contribution >= 0.6 is 0 Å². The molecule has 3 aliphatic rings. The number of amides is 2. The van der Waals surface area contributed by atoms with Gasteiger partial charge >= 0.3 is 0 Å². The standard InChI is InChI=1S/C29H38N4O3/c1-18-6-9-21(15-27(18)36-3)32-28(34)20-7-10-24(11-8-20)33-17-26-19(2)13-23(14-25(26)29(33)35)31-16-22-5-4-12-30-22/h6,9,13-15,20,22,24,30-31H,4-5,7-8,10-12,16-17H2,1-3H3,(H,32,34). The lowest BCUT2D eigenvalue weighted by molar-refractivity contribution is -0.121. The van der Waals surface area contributed by atoms with Gasteiger partial charge in [-0.25, -0.2) is 0 Å². The molecule has 2 heterocycles. The minimum atomic E-state index is -0.0321. The van der Waals surface area contributed by atoms with Crippen molar-refractivity contribution >= 4 is 23.2 Å². The molecule has 1 saturated heterocycles. The maximum Gasteiger partial charge on any atom is 0.254 e. The van der Waals surface area contributed by atoms with Gasteiger partial charge in [0.05, 0.1) is 7.11 Å². The minimum absolute atomic E-state index is 0.0321. The number of nitrogens with zero attached hydrogens (tertiary/aromatic N) is 1. The molecule has 36 heavy (non-hydrogen) atoms. The molecule has 2 aromatic carbocycles. The van der Waals surface area contributed by atoms with Gasteiger partial charge in [0.15, 0.2) is 0 Å². The zero-order valence-corrected chi connectivity index (χ0v) is 21.7. The molecule has 0 aromatic heterocycles. The Morgan fingerprint density at radius 3 is 2.58 bits per heavy atom. The maximum atomic E-state index is 13.4. The number of ether oxygens (including phenoxy) is 1. The van der Waals surface area contributed by atoms with Crippen LogP contribution in [0.1, 0.15) is 65.6 Å². The van der Waals surface area contributed by atoms with E-state index in [4.69, 9.17) is 4.74 Å². The molecule has 1 unspecified atom stereocenters. The second-order valence-corrected chi connectivity index (χ2v) is 10.6. The Hall–Kier alpha value is -3.06. The van der Waals surface area contributed by atoms with Crippen LogP contribution in [0.5, 0.6) is 5.75 Å². The molecule has 1 atom stereocenters. The van der Waals surface area contributed by atoms with Crippen LogP contribution in [0.3, 0.4) is 0 Å². The quantitative estimate of drug-likeness (QED) is 0.527. The number of methoxy groups -OCH3 is 1. The van der Waals surface area contributed by atoms with Gasteiger partial charge in [0.25, 0.3) is 5.91 Å². The molecule has 2 aromatic rings. The summed E-state index contributed by atoms with van der Waals surface area (Å²) in [6.07, 6.45) is 5.72. The molecule has 0 spiro atoms. The molecule has 1 aliphatic carbocycles. The minimum Gasteiger partial charge on any atom is -0.496 e. The monoisotopic (exact) mass is 490 g/mol. The number of carbonyl (C=O) groups is 2. The van der Waals surface area contributed by atoms with Crippen molar-refractivity contribution in [1.29, 1.82) is 0 Å². The van der Waals surface area contributed by atoms with Gasteiger partial charge in [-0.3, -0.25) is 9.59 Å². The van der Waals surface area contributed by atoms with Gasteiger partial charge < -0.3 is 25.6 Å². The fourth-order valence-corrected chi connectivity index (χ4v) is 5.98. The lowest BCUT2D eigenvalue weighted by Crippen LogP contribution is -2.40. The summed E-state index contributed by atoms with van der Waals surface area (Å²) in [4.78, 5) is 28.4. The van der Waals surface area contributed by atoms with Crippen LogP contribution in [0.4, 0.5) is 11.4 Å². The van der Waals surface area contributed by atoms with Crippen LogP contribution in [0.15, 0.2) is 30.3 Å². The van der Waals surface area contributed by atoms with Crippen molar-refractivity contribution in [3.8, 4) is 5.75 Å². The van der Waals surface area contributed by atoms with Crippen molar-refractivity contribution in [2.75, 3.05) is 30.8 Å². The van der Waals surface area contributed by atoms with Gasteiger partial charge in [0.1, 0.15) is 5.75 Å². The van der Waals surface area contributed by atoms with E-state index < -0.39 is 0 Å². The molecule has 2 fully saturated rings. The number of carbonyl (C=O) groups excluding carboxylic acids is 2. The molecular weight excluding hydrogens is 452 g/mol. The smallest absolute Gasteiger partial charge is 0.254 e. The van der Waals surface area contributed by atoms with E-state index in [1.165, 1.54) is 18.4 Å². The molecule has 5 rings (SSSR count). The summed E-state index contributed by atoms with van der Waals surface area (Å²) in [5.74, 6) is 0.928. The number of fused-ring (bicyclic) bond motifs is 1. The van der Waals surface area contributed by atoms with E-state index in [0.717, 1.165) is 72.6 Å². The third-order valence-electron chi connectivity index (χ3n) is 8.19. The van der Waals surface area contributed by atoms with Crippen LogP contribution < -0.4 is 20.7 Å². The van der Waals surface area contributed by atoms with Crippen LogP contribution in [-0.2, 0) is 11.3 Å². The highest BCUT2D eigenvalue weighted by Crippen LogP contribution is 2.36. The van der Waals surface area contributed by atoms with Crippen molar-refractivity contribution < 1.29 is 14.3 Å². The van der Waals surface area contributed by atoms with Crippen LogP contribution in [-0.4, -0.2) is 49.0 Å². The molecule has 192 valence electrons. The Morgan fingerprint density at radius 2 is 1.86 bits per heavy atom. The molecule has 0 radical (unpaired) electrons. The van der Waals surface area contributed by atoms with Crippen LogP contribution in [0.25, 0.3) is 0 Å².